The number of carbonyl (C=O) groups is 1. The summed E-state index contributed by atoms with van der Waals surface area (Å²) in [6, 6.07) is 1.44. The van der Waals surface area contributed by atoms with Crippen molar-refractivity contribution >= 4 is 17.3 Å². The van der Waals surface area contributed by atoms with Crippen molar-refractivity contribution in [3.63, 3.8) is 0 Å². The Morgan fingerprint density at radius 2 is 2.05 bits per heavy atom. The van der Waals surface area contributed by atoms with Crippen LogP contribution in [-0.4, -0.2) is 33.4 Å². The van der Waals surface area contributed by atoms with E-state index in [4.69, 9.17) is 18.6 Å². The first-order valence-electron chi connectivity index (χ1n) is 6.16. The number of carbonyl (C=O) groups excluding carboxylic acids is 1. The molecule has 1 heterocycles. The van der Waals surface area contributed by atoms with Gasteiger partial charge in [-0.3, -0.25) is 4.79 Å². The second kappa shape index (κ2) is 6.64. The first-order valence-corrected chi connectivity index (χ1v) is 6.16. The van der Waals surface area contributed by atoms with Crippen molar-refractivity contribution in [3.8, 4) is 5.75 Å². The lowest BCUT2D eigenvalue weighted by atomic mass is 10.1. The minimum absolute atomic E-state index is 0.115. The number of rotatable bonds is 7. The molecule has 1 aromatic heterocycles. The van der Waals surface area contributed by atoms with Gasteiger partial charge in [0.25, 0.3) is 0 Å². The Morgan fingerprint density at radius 1 is 1.29 bits per heavy atom. The topological polar surface area (TPSA) is 57.9 Å². The summed E-state index contributed by atoms with van der Waals surface area (Å²) in [5.74, 6) is -2.61. The molecule has 0 saturated carbocycles. The predicted octanol–water partition coefficient (Wildman–Crippen LogP) is 2.83. The Balaban J connectivity index is 2.33. The van der Waals surface area contributed by atoms with E-state index < -0.39 is 17.4 Å². The summed E-state index contributed by atoms with van der Waals surface area (Å²) >= 11 is 0. The molecule has 0 aliphatic heterocycles. The highest BCUT2D eigenvalue weighted by molar-refractivity contribution is 5.99. The molecule has 0 radical (unpaired) electrons. The van der Waals surface area contributed by atoms with Crippen LogP contribution in [0.3, 0.4) is 0 Å². The summed E-state index contributed by atoms with van der Waals surface area (Å²) in [6.07, 6.45) is 0.393. The summed E-state index contributed by atoms with van der Waals surface area (Å²) in [6.45, 7) is 1.80. The lowest BCUT2D eigenvalue weighted by Crippen LogP contribution is -2.10. The van der Waals surface area contributed by atoms with Crippen LogP contribution in [0.4, 0.5) is 8.78 Å². The second-order valence-electron chi connectivity index (χ2n) is 4.25. The van der Waals surface area contributed by atoms with Gasteiger partial charge in [-0.2, -0.15) is 8.78 Å². The third kappa shape index (κ3) is 3.03. The molecule has 7 heteroatoms. The Hall–Kier alpha value is -1.99. The van der Waals surface area contributed by atoms with Crippen LogP contribution in [0.25, 0.3) is 11.0 Å². The van der Waals surface area contributed by atoms with Gasteiger partial charge in [-0.1, -0.05) is 0 Å². The maximum atomic E-state index is 14.0. The van der Waals surface area contributed by atoms with Crippen molar-refractivity contribution in [2.75, 3.05) is 27.1 Å². The predicted molar refractivity (Wildman–Crippen MR) is 69.6 cm³/mol. The Kier molecular flexibility index (Phi) is 4.87. The highest BCUT2D eigenvalue weighted by Crippen LogP contribution is 2.34. The number of aryl methyl sites for hydroxylation is 1. The van der Waals surface area contributed by atoms with Crippen molar-refractivity contribution in [2.24, 2.45) is 0 Å². The number of ether oxygens (including phenoxy) is 3. The minimum atomic E-state index is -1.28. The molecule has 0 saturated heterocycles. The van der Waals surface area contributed by atoms with E-state index in [-0.39, 0.29) is 29.9 Å². The van der Waals surface area contributed by atoms with Gasteiger partial charge in [-0.15, -0.1) is 0 Å². The van der Waals surface area contributed by atoms with Crippen LogP contribution in [0.1, 0.15) is 16.1 Å². The van der Waals surface area contributed by atoms with E-state index in [1.165, 1.54) is 13.2 Å². The Labute approximate surface area is 119 Å². The number of furan rings is 1. The highest BCUT2D eigenvalue weighted by Gasteiger charge is 2.24. The summed E-state index contributed by atoms with van der Waals surface area (Å²) in [5, 5.41) is 0.160. The van der Waals surface area contributed by atoms with Crippen molar-refractivity contribution in [1.82, 2.24) is 0 Å². The van der Waals surface area contributed by atoms with Gasteiger partial charge in [0, 0.05) is 12.5 Å². The van der Waals surface area contributed by atoms with Crippen LogP contribution < -0.4 is 4.74 Å². The molecule has 0 amide bonds. The standard InChI is InChI=1S/C14H14F2O5/c1-8-5-9-10(6-17)13(20-7-19-4-3-18-2)11(15)12(16)14(9)21-8/h5-6H,3-4,7H2,1-2H3. The fourth-order valence-corrected chi connectivity index (χ4v) is 1.88. The van der Waals surface area contributed by atoms with Gasteiger partial charge in [0.15, 0.2) is 24.4 Å². The Morgan fingerprint density at radius 3 is 2.71 bits per heavy atom. The molecular formula is C14H14F2O5. The Bertz CT molecular complexity index is 651. The first kappa shape index (κ1) is 15.4. The van der Waals surface area contributed by atoms with E-state index in [1.807, 2.05) is 0 Å². The SMILES string of the molecule is COCCOCOc1c(F)c(F)c2oc(C)cc2c1C=O. The molecule has 0 bridgehead atoms. The zero-order chi connectivity index (χ0) is 15.4. The molecule has 0 atom stereocenters. The first-order chi connectivity index (χ1) is 10.1. The highest BCUT2D eigenvalue weighted by atomic mass is 19.2. The number of hydrogen-bond donors (Lipinski definition) is 0. The molecule has 0 fully saturated rings. The molecule has 114 valence electrons. The maximum Gasteiger partial charge on any atom is 0.205 e. The van der Waals surface area contributed by atoms with E-state index in [1.54, 1.807) is 6.92 Å². The molecule has 0 spiro atoms. The van der Waals surface area contributed by atoms with Crippen molar-refractivity contribution in [2.45, 2.75) is 6.92 Å². The second-order valence-corrected chi connectivity index (χ2v) is 4.25. The number of benzene rings is 1. The molecule has 0 unspecified atom stereocenters. The van der Waals surface area contributed by atoms with Crippen LogP contribution >= 0.6 is 0 Å². The molecule has 2 aromatic rings. The molecular weight excluding hydrogens is 286 g/mol. The monoisotopic (exact) mass is 300 g/mol. The number of methoxy groups -OCH3 is 1. The normalized spacial score (nSPS) is 11.0. The zero-order valence-corrected chi connectivity index (χ0v) is 11.6. The van der Waals surface area contributed by atoms with Gasteiger partial charge < -0.3 is 18.6 Å². The van der Waals surface area contributed by atoms with Crippen LogP contribution in [-0.2, 0) is 9.47 Å². The van der Waals surface area contributed by atoms with Crippen LogP contribution in [0.15, 0.2) is 10.5 Å². The fourth-order valence-electron chi connectivity index (χ4n) is 1.88. The van der Waals surface area contributed by atoms with Gasteiger partial charge >= 0.3 is 0 Å². The minimum Gasteiger partial charge on any atom is -0.464 e. The fraction of sp³-hybridized carbons (Fsp3) is 0.357. The van der Waals surface area contributed by atoms with Gasteiger partial charge in [0.1, 0.15) is 5.76 Å². The lowest BCUT2D eigenvalue weighted by Gasteiger charge is -2.11. The smallest absolute Gasteiger partial charge is 0.205 e. The van der Waals surface area contributed by atoms with E-state index in [9.17, 15) is 13.6 Å². The number of fused-ring (bicyclic) bond motifs is 1. The summed E-state index contributed by atoms with van der Waals surface area (Å²) in [5.41, 5.74) is -0.421. The molecule has 0 aliphatic carbocycles. The number of aldehydes is 1. The molecule has 21 heavy (non-hydrogen) atoms. The summed E-state index contributed by atoms with van der Waals surface area (Å²) in [7, 11) is 1.50. The molecule has 0 N–H and O–H groups in total. The van der Waals surface area contributed by atoms with Crippen LogP contribution in [0.2, 0.25) is 0 Å². The molecule has 1 aromatic carbocycles. The number of hydrogen-bond acceptors (Lipinski definition) is 5. The van der Waals surface area contributed by atoms with E-state index in [0.29, 0.717) is 18.7 Å². The van der Waals surface area contributed by atoms with Crippen LogP contribution in [0, 0.1) is 18.6 Å². The van der Waals surface area contributed by atoms with Gasteiger partial charge in [-0.25, -0.2) is 0 Å². The number of halogens is 2. The van der Waals surface area contributed by atoms with Crippen molar-refractivity contribution in [1.29, 1.82) is 0 Å². The third-order valence-corrected chi connectivity index (χ3v) is 2.82. The van der Waals surface area contributed by atoms with Crippen molar-refractivity contribution in [3.05, 3.63) is 29.0 Å². The van der Waals surface area contributed by atoms with Crippen LogP contribution in [0.5, 0.6) is 5.75 Å². The van der Waals surface area contributed by atoms with Gasteiger partial charge in [-0.05, 0) is 13.0 Å². The maximum absolute atomic E-state index is 14.0. The van der Waals surface area contributed by atoms with Gasteiger partial charge in [0.2, 0.25) is 11.6 Å². The van der Waals surface area contributed by atoms with E-state index in [2.05, 4.69) is 0 Å². The summed E-state index contributed by atoms with van der Waals surface area (Å²) < 4.78 is 47.7. The largest absolute Gasteiger partial charge is 0.464 e. The molecule has 5 nitrogen and oxygen atoms in total. The lowest BCUT2D eigenvalue weighted by molar-refractivity contribution is -0.0104. The average Bonchev–Trinajstić information content (AvgIpc) is 2.85. The third-order valence-electron chi connectivity index (χ3n) is 2.82. The summed E-state index contributed by atoms with van der Waals surface area (Å²) in [4.78, 5) is 11.2. The molecule has 2 rings (SSSR count). The quantitative estimate of drug-likeness (QED) is 0.447. The van der Waals surface area contributed by atoms with Gasteiger partial charge in [0.05, 0.1) is 18.8 Å². The van der Waals surface area contributed by atoms with Crippen molar-refractivity contribution < 1.29 is 32.2 Å². The van der Waals surface area contributed by atoms with E-state index in [0.717, 1.165) is 0 Å². The van der Waals surface area contributed by atoms with E-state index >= 15 is 0 Å². The average molecular weight is 300 g/mol. The molecule has 0 aliphatic rings. The zero-order valence-electron chi connectivity index (χ0n) is 11.6.